The molecule has 0 unspecified atom stereocenters. The number of para-hydroxylation sites is 1. The highest BCUT2D eigenvalue weighted by molar-refractivity contribution is 5.92. The summed E-state index contributed by atoms with van der Waals surface area (Å²) in [4.78, 5) is 23.5. The molecular weight excluding hydrogens is 530 g/mol. The number of nitrogens with one attached hydrogen (secondary N) is 1. The minimum atomic E-state index is -0.0290. The number of aromatic nitrogens is 3. The van der Waals surface area contributed by atoms with Gasteiger partial charge in [0.05, 0.1) is 22.3 Å². The second kappa shape index (κ2) is 11.6. The molecule has 1 N–H and O–H groups in total. The quantitative estimate of drug-likeness (QED) is 0.229. The summed E-state index contributed by atoms with van der Waals surface area (Å²) in [5.41, 5.74) is 9.71. The first-order valence-corrected chi connectivity index (χ1v) is 14.7. The molecule has 4 aromatic carbocycles. The number of benzene rings is 4. The van der Waals surface area contributed by atoms with Crippen molar-refractivity contribution in [2.45, 2.75) is 25.4 Å². The number of imidazole rings is 1. The van der Waals surface area contributed by atoms with Gasteiger partial charge < -0.3 is 4.98 Å². The molecule has 1 fully saturated rings. The summed E-state index contributed by atoms with van der Waals surface area (Å²) in [6, 6.07) is 39.4. The number of nitrogens with zero attached hydrogens (tertiary/aromatic N) is 4. The van der Waals surface area contributed by atoms with E-state index in [-0.39, 0.29) is 11.7 Å². The van der Waals surface area contributed by atoms with Crippen LogP contribution in [0.5, 0.6) is 0 Å². The Morgan fingerprint density at radius 1 is 0.791 bits per heavy atom. The molecule has 2 aromatic heterocycles. The number of rotatable bonds is 6. The van der Waals surface area contributed by atoms with Crippen molar-refractivity contribution in [1.82, 2.24) is 19.4 Å². The Bertz CT molecular complexity index is 1980. The molecule has 7 rings (SSSR count). The minimum Gasteiger partial charge on any atom is -0.305 e. The number of hydrogen-bond donors (Lipinski definition) is 1. The number of fused-ring (bicyclic) bond motifs is 1. The third-order valence-electron chi connectivity index (χ3n) is 8.49. The second-order valence-electron chi connectivity index (χ2n) is 11.2. The molecule has 43 heavy (non-hydrogen) atoms. The molecule has 0 amide bonds. The first kappa shape index (κ1) is 26.6. The van der Waals surface area contributed by atoms with Crippen LogP contribution in [-0.2, 0) is 6.54 Å². The third-order valence-corrected chi connectivity index (χ3v) is 8.49. The van der Waals surface area contributed by atoms with Crippen LogP contribution in [0.15, 0.2) is 120 Å². The minimum absolute atomic E-state index is 0.0290. The number of H-pyrrole nitrogens is 1. The summed E-state index contributed by atoms with van der Waals surface area (Å²) in [5, 5.41) is 9.43. The number of hydrogen-bond acceptors (Lipinski definition) is 4. The lowest BCUT2D eigenvalue weighted by atomic mass is 9.97. The van der Waals surface area contributed by atoms with E-state index in [1.807, 2.05) is 65.2 Å². The van der Waals surface area contributed by atoms with Gasteiger partial charge in [0.1, 0.15) is 6.07 Å². The van der Waals surface area contributed by atoms with Gasteiger partial charge in [-0.1, -0.05) is 97.1 Å². The van der Waals surface area contributed by atoms with Gasteiger partial charge in [0.15, 0.2) is 0 Å². The van der Waals surface area contributed by atoms with Crippen LogP contribution in [-0.4, -0.2) is 32.5 Å². The maximum absolute atomic E-state index is 13.2. The fraction of sp³-hybridized carbons (Fsp3) is 0.162. The zero-order chi connectivity index (χ0) is 29.2. The third kappa shape index (κ3) is 5.27. The molecule has 1 aliphatic rings. The maximum Gasteiger partial charge on any atom is 0.326 e. The Labute approximate surface area is 250 Å². The molecule has 1 aliphatic heterocycles. The molecule has 6 heteroatoms. The molecule has 1 saturated heterocycles. The summed E-state index contributed by atoms with van der Waals surface area (Å²) >= 11 is 0. The van der Waals surface area contributed by atoms with Crippen LogP contribution in [0.1, 0.15) is 30.0 Å². The molecule has 6 aromatic rings. The molecule has 6 nitrogen and oxygen atoms in total. The fourth-order valence-electron chi connectivity index (χ4n) is 6.33. The topological polar surface area (TPSA) is 77.7 Å². The molecule has 0 aliphatic carbocycles. The van der Waals surface area contributed by atoms with Crippen LogP contribution in [0.25, 0.3) is 44.5 Å². The van der Waals surface area contributed by atoms with Crippen molar-refractivity contribution in [2.24, 2.45) is 0 Å². The molecule has 210 valence electrons. The van der Waals surface area contributed by atoms with E-state index in [2.05, 4.69) is 69.5 Å². The van der Waals surface area contributed by atoms with E-state index in [4.69, 9.17) is 0 Å². The number of aromatic amines is 1. The summed E-state index contributed by atoms with van der Waals surface area (Å²) in [7, 11) is 0. The number of nitriles is 1. The van der Waals surface area contributed by atoms with Gasteiger partial charge >= 0.3 is 5.69 Å². The lowest BCUT2D eigenvalue weighted by molar-refractivity contribution is 0.180. The highest BCUT2D eigenvalue weighted by Gasteiger charge is 2.24. The fourth-order valence-corrected chi connectivity index (χ4v) is 6.33. The van der Waals surface area contributed by atoms with Crippen molar-refractivity contribution in [3.63, 3.8) is 0 Å². The summed E-state index contributed by atoms with van der Waals surface area (Å²) < 4.78 is 1.98. The number of pyridine rings is 1. The first-order chi connectivity index (χ1) is 21.2. The first-order valence-electron chi connectivity index (χ1n) is 14.7. The van der Waals surface area contributed by atoms with Gasteiger partial charge in [-0.25, -0.2) is 4.79 Å². The van der Waals surface area contributed by atoms with E-state index in [0.717, 1.165) is 77.0 Å². The van der Waals surface area contributed by atoms with Crippen molar-refractivity contribution >= 4 is 11.0 Å². The molecule has 0 bridgehead atoms. The normalized spacial score (nSPS) is 14.1. The Kier molecular flexibility index (Phi) is 7.16. The van der Waals surface area contributed by atoms with Crippen molar-refractivity contribution in [3.8, 4) is 39.6 Å². The van der Waals surface area contributed by atoms with Gasteiger partial charge in [0.25, 0.3) is 0 Å². The Morgan fingerprint density at radius 2 is 1.47 bits per heavy atom. The van der Waals surface area contributed by atoms with Crippen LogP contribution in [0, 0.1) is 11.3 Å². The molecule has 0 saturated carbocycles. The van der Waals surface area contributed by atoms with Crippen LogP contribution in [0.4, 0.5) is 0 Å². The zero-order valence-corrected chi connectivity index (χ0v) is 23.8. The van der Waals surface area contributed by atoms with E-state index < -0.39 is 0 Å². The highest BCUT2D eigenvalue weighted by atomic mass is 16.1. The van der Waals surface area contributed by atoms with E-state index >= 15 is 0 Å². The van der Waals surface area contributed by atoms with Crippen LogP contribution >= 0.6 is 0 Å². The average Bonchev–Trinajstić information content (AvgIpc) is 3.42. The van der Waals surface area contributed by atoms with Gasteiger partial charge in [-0.15, -0.1) is 0 Å². The predicted octanol–water partition coefficient (Wildman–Crippen LogP) is 7.43. The van der Waals surface area contributed by atoms with Gasteiger partial charge in [-0.2, -0.15) is 5.26 Å². The molecule has 0 atom stereocenters. The van der Waals surface area contributed by atoms with E-state index in [0.29, 0.717) is 5.56 Å². The summed E-state index contributed by atoms with van der Waals surface area (Å²) in [6.45, 7) is 2.72. The van der Waals surface area contributed by atoms with Gasteiger partial charge in [0, 0.05) is 48.6 Å². The molecule has 0 spiro atoms. The summed E-state index contributed by atoms with van der Waals surface area (Å²) in [5.74, 6) is 0. The van der Waals surface area contributed by atoms with Crippen LogP contribution in [0.3, 0.4) is 0 Å². The van der Waals surface area contributed by atoms with Crippen molar-refractivity contribution in [3.05, 3.63) is 137 Å². The monoisotopic (exact) mass is 561 g/mol. The van der Waals surface area contributed by atoms with Crippen LogP contribution in [0.2, 0.25) is 0 Å². The maximum atomic E-state index is 13.2. The Hall–Kier alpha value is -5.25. The lowest BCUT2D eigenvalue weighted by Gasteiger charge is -2.32. The van der Waals surface area contributed by atoms with Crippen molar-refractivity contribution in [1.29, 1.82) is 5.26 Å². The smallest absolute Gasteiger partial charge is 0.305 e. The lowest BCUT2D eigenvalue weighted by Crippen LogP contribution is -2.36. The summed E-state index contributed by atoms with van der Waals surface area (Å²) in [6.07, 6.45) is 3.49. The highest BCUT2D eigenvalue weighted by Crippen LogP contribution is 2.33. The SMILES string of the molecule is N#Cc1cnc(-c2ccc(CN3CCC(n4c(=O)[nH]c5c(-c6ccccc6)cccc54)CC3)cc2)c(-c2ccccc2)c1. The van der Waals surface area contributed by atoms with E-state index in [9.17, 15) is 10.1 Å². The van der Waals surface area contributed by atoms with E-state index in [1.165, 1.54) is 5.56 Å². The number of likely N-dealkylation sites (tertiary alicyclic amines) is 1. The zero-order valence-electron chi connectivity index (χ0n) is 23.8. The van der Waals surface area contributed by atoms with Crippen molar-refractivity contribution in [2.75, 3.05) is 13.1 Å². The van der Waals surface area contributed by atoms with Gasteiger partial charge in [-0.3, -0.25) is 14.5 Å². The molecular formula is C37H31N5O. The average molecular weight is 562 g/mol. The standard InChI is InChI=1S/C37H31N5O/c38-23-27-22-33(29-10-5-2-6-11-29)35(39-24-27)30-16-14-26(15-17-30)25-41-20-18-31(19-21-41)42-34-13-7-12-32(36(34)40-37(42)43)28-8-3-1-4-9-28/h1-17,22,24,31H,18-21,25H2,(H,40,43). The van der Waals surface area contributed by atoms with Gasteiger partial charge in [0.2, 0.25) is 0 Å². The van der Waals surface area contributed by atoms with Crippen LogP contribution < -0.4 is 5.69 Å². The van der Waals surface area contributed by atoms with Gasteiger partial charge in [-0.05, 0) is 41.7 Å². The van der Waals surface area contributed by atoms with E-state index in [1.54, 1.807) is 6.20 Å². The number of piperidine rings is 1. The molecule has 3 heterocycles. The largest absolute Gasteiger partial charge is 0.326 e. The Balaban J connectivity index is 1.06. The predicted molar refractivity (Wildman–Crippen MR) is 171 cm³/mol. The van der Waals surface area contributed by atoms with Crippen molar-refractivity contribution < 1.29 is 0 Å². The molecule has 0 radical (unpaired) electrons. The Morgan fingerprint density at radius 3 is 2.14 bits per heavy atom. The second-order valence-corrected chi connectivity index (χ2v) is 11.2.